The molecule has 0 saturated carbocycles. The number of carboxylic acids is 1. The van der Waals surface area contributed by atoms with Gasteiger partial charge in [0, 0.05) is 18.4 Å². The zero-order valence-corrected chi connectivity index (χ0v) is 10.9. The van der Waals surface area contributed by atoms with Crippen LogP contribution in [0.15, 0.2) is 24.3 Å². The topological polar surface area (TPSA) is 88.2 Å². The second-order valence-electron chi connectivity index (χ2n) is 4.95. The number of aromatic nitrogens is 3. The van der Waals surface area contributed by atoms with Gasteiger partial charge in [-0.2, -0.15) is 0 Å². The highest BCUT2D eigenvalue weighted by Crippen LogP contribution is 2.27. The van der Waals surface area contributed by atoms with E-state index in [1.807, 2.05) is 6.07 Å². The van der Waals surface area contributed by atoms with E-state index < -0.39 is 12.0 Å². The van der Waals surface area contributed by atoms with Crippen LogP contribution in [0.2, 0.25) is 0 Å². The van der Waals surface area contributed by atoms with Crippen molar-refractivity contribution in [3.63, 3.8) is 0 Å². The van der Waals surface area contributed by atoms with Crippen molar-refractivity contribution < 1.29 is 15.0 Å². The lowest BCUT2D eigenvalue weighted by atomic mass is 10.0. The highest BCUT2D eigenvalue weighted by molar-refractivity contribution is 5.72. The molecule has 6 heteroatoms. The molecule has 2 aromatic rings. The number of carboxylic acid groups (broad SMARTS) is 1. The molecule has 0 saturated heterocycles. The van der Waals surface area contributed by atoms with Crippen molar-refractivity contribution in [1.82, 2.24) is 14.8 Å². The molecular formula is C14H15N3O3. The molecule has 104 valence electrons. The molecule has 0 fully saturated rings. The van der Waals surface area contributed by atoms with Crippen LogP contribution in [0.25, 0.3) is 0 Å². The number of aryl methyl sites for hydroxylation is 1. The Morgan fingerprint density at radius 1 is 1.35 bits per heavy atom. The van der Waals surface area contributed by atoms with E-state index in [1.165, 1.54) is 0 Å². The van der Waals surface area contributed by atoms with Gasteiger partial charge >= 0.3 is 5.97 Å². The van der Waals surface area contributed by atoms with E-state index in [4.69, 9.17) is 0 Å². The van der Waals surface area contributed by atoms with Crippen molar-refractivity contribution in [2.45, 2.75) is 31.7 Å². The van der Waals surface area contributed by atoms with E-state index in [-0.39, 0.29) is 5.75 Å². The summed E-state index contributed by atoms with van der Waals surface area (Å²) in [4.78, 5) is 11.4. The maximum atomic E-state index is 11.4. The lowest BCUT2D eigenvalue weighted by molar-refractivity contribution is -0.141. The van der Waals surface area contributed by atoms with Gasteiger partial charge in [0.1, 0.15) is 23.4 Å². The Kier molecular flexibility index (Phi) is 3.14. The molecule has 2 heterocycles. The number of hydrogen-bond acceptors (Lipinski definition) is 4. The second kappa shape index (κ2) is 4.96. The smallest absolute Gasteiger partial charge is 0.326 e. The average molecular weight is 273 g/mol. The van der Waals surface area contributed by atoms with Crippen LogP contribution in [0.4, 0.5) is 0 Å². The molecule has 1 unspecified atom stereocenters. The van der Waals surface area contributed by atoms with Crippen LogP contribution in [0.1, 0.15) is 36.1 Å². The summed E-state index contributed by atoms with van der Waals surface area (Å²) in [5.41, 5.74) is 0.720. The number of nitrogens with zero attached hydrogens (tertiary/aromatic N) is 3. The SMILES string of the molecule is O=C(O)C1CCCc2nnc(Cc3ccccc3O)n21. The molecular weight excluding hydrogens is 258 g/mol. The Morgan fingerprint density at radius 2 is 2.15 bits per heavy atom. The molecule has 3 rings (SSSR count). The maximum Gasteiger partial charge on any atom is 0.326 e. The summed E-state index contributed by atoms with van der Waals surface area (Å²) in [6.07, 6.45) is 2.53. The minimum Gasteiger partial charge on any atom is -0.508 e. The Bertz CT molecular complexity index is 651. The number of phenolic OH excluding ortho intramolecular Hbond substituents is 1. The van der Waals surface area contributed by atoms with Gasteiger partial charge in [0.15, 0.2) is 0 Å². The number of aliphatic carboxylic acids is 1. The van der Waals surface area contributed by atoms with E-state index in [1.54, 1.807) is 22.8 Å². The van der Waals surface area contributed by atoms with Crippen LogP contribution < -0.4 is 0 Å². The van der Waals surface area contributed by atoms with Crippen LogP contribution in [-0.2, 0) is 17.6 Å². The lowest BCUT2D eigenvalue weighted by Crippen LogP contribution is -2.26. The summed E-state index contributed by atoms with van der Waals surface area (Å²) < 4.78 is 1.71. The highest BCUT2D eigenvalue weighted by atomic mass is 16.4. The van der Waals surface area contributed by atoms with E-state index in [2.05, 4.69) is 10.2 Å². The molecule has 6 nitrogen and oxygen atoms in total. The molecule has 20 heavy (non-hydrogen) atoms. The van der Waals surface area contributed by atoms with Crippen LogP contribution in [-0.4, -0.2) is 30.9 Å². The van der Waals surface area contributed by atoms with Gasteiger partial charge in [0.2, 0.25) is 0 Å². The molecule has 2 N–H and O–H groups in total. The number of rotatable bonds is 3. The Hall–Kier alpha value is -2.37. The average Bonchev–Trinajstić information content (AvgIpc) is 2.84. The van der Waals surface area contributed by atoms with Gasteiger partial charge in [0.25, 0.3) is 0 Å². The summed E-state index contributed by atoms with van der Waals surface area (Å²) in [5, 5.41) is 27.3. The van der Waals surface area contributed by atoms with E-state index >= 15 is 0 Å². The summed E-state index contributed by atoms with van der Waals surface area (Å²) in [6, 6.07) is 6.39. The van der Waals surface area contributed by atoms with Gasteiger partial charge in [-0.05, 0) is 18.9 Å². The van der Waals surface area contributed by atoms with E-state index in [0.717, 1.165) is 18.4 Å². The van der Waals surface area contributed by atoms with E-state index in [9.17, 15) is 15.0 Å². The molecule has 0 radical (unpaired) electrons. The molecule has 1 atom stereocenters. The maximum absolute atomic E-state index is 11.4. The predicted molar refractivity (Wildman–Crippen MR) is 70.5 cm³/mol. The molecule has 1 aliphatic rings. The molecule has 1 aromatic carbocycles. The van der Waals surface area contributed by atoms with Gasteiger partial charge in [0.05, 0.1) is 0 Å². The minimum atomic E-state index is -0.857. The number of phenols is 1. The first-order valence-corrected chi connectivity index (χ1v) is 6.59. The van der Waals surface area contributed by atoms with Crippen LogP contribution in [0.3, 0.4) is 0 Å². The summed E-state index contributed by atoms with van der Waals surface area (Å²) in [6.45, 7) is 0. The summed E-state index contributed by atoms with van der Waals surface area (Å²) in [5.74, 6) is 0.638. The fourth-order valence-electron chi connectivity index (χ4n) is 2.66. The van der Waals surface area contributed by atoms with Gasteiger partial charge in [-0.1, -0.05) is 18.2 Å². The Morgan fingerprint density at radius 3 is 2.90 bits per heavy atom. The van der Waals surface area contributed by atoms with Crippen LogP contribution in [0, 0.1) is 0 Å². The van der Waals surface area contributed by atoms with Crippen molar-refractivity contribution in [2.24, 2.45) is 0 Å². The van der Waals surface area contributed by atoms with Crippen molar-refractivity contribution in [2.75, 3.05) is 0 Å². The first kappa shape index (κ1) is 12.7. The third-order valence-corrected chi connectivity index (χ3v) is 3.65. The quantitative estimate of drug-likeness (QED) is 0.885. The van der Waals surface area contributed by atoms with Crippen molar-refractivity contribution in [3.8, 4) is 5.75 Å². The number of para-hydroxylation sites is 1. The molecule has 1 aliphatic heterocycles. The fraction of sp³-hybridized carbons (Fsp3) is 0.357. The normalized spacial score (nSPS) is 17.7. The standard InChI is InChI=1S/C14H15N3O3/c18-11-6-2-1-4-9(11)8-13-16-15-12-7-3-5-10(14(19)20)17(12)13/h1-2,4,6,10,18H,3,5,7-8H2,(H,19,20). The third-order valence-electron chi connectivity index (χ3n) is 3.65. The monoisotopic (exact) mass is 273 g/mol. The molecule has 0 spiro atoms. The molecule has 1 aromatic heterocycles. The van der Waals surface area contributed by atoms with Gasteiger partial charge < -0.3 is 14.8 Å². The second-order valence-corrected chi connectivity index (χ2v) is 4.95. The fourth-order valence-corrected chi connectivity index (χ4v) is 2.66. The van der Waals surface area contributed by atoms with Crippen molar-refractivity contribution >= 4 is 5.97 Å². The van der Waals surface area contributed by atoms with Crippen LogP contribution >= 0.6 is 0 Å². The zero-order chi connectivity index (χ0) is 14.1. The molecule has 0 aliphatic carbocycles. The van der Waals surface area contributed by atoms with Gasteiger partial charge in [-0.3, -0.25) is 0 Å². The number of fused-ring (bicyclic) bond motifs is 1. The number of aromatic hydroxyl groups is 1. The Labute approximate surface area is 115 Å². The summed E-state index contributed by atoms with van der Waals surface area (Å²) >= 11 is 0. The van der Waals surface area contributed by atoms with Gasteiger partial charge in [-0.15, -0.1) is 10.2 Å². The van der Waals surface area contributed by atoms with Crippen molar-refractivity contribution in [3.05, 3.63) is 41.5 Å². The summed E-state index contributed by atoms with van der Waals surface area (Å²) in [7, 11) is 0. The zero-order valence-electron chi connectivity index (χ0n) is 10.9. The largest absolute Gasteiger partial charge is 0.508 e. The van der Waals surface area contributed by atoms with Crippen molar-refractivity contribution in [1.29, 1.82) is 0 Å². The minimum absolute atomic E-state index is 0.188. The first-order chi connectivity index (χ1) is 9.66. The number of hydrogen-bond donors (Lipinski definition) is 2. The number of benzene rings is 1. The van der Waals surface area contributed by atoms with Gasteiger partial charge in [-0.25, -0.2) is 4.79 Å². The molecule has 0 amide bonds. The molecule has 0 bridgehead atoms. The predicted octanol–water partition coefficient (Wildman–Crippen LogP) is 1.54. The first-order valence-electron chi connectivity index (χ1n) is 6.59. The lowest BCUT2D eigenvalue weighted by Gasteiger charge is -2.22. The van der Waals surface area contributed by atoms with E-state index in [0.29, 0.717) is 24.5 Å². The number of carbonyl (C=O) groups is 1. The Balaban J connectivity index is 1.98. The highest BCUT2D eigenvalue weighted by Gasteiger charge is 2.29. The van der Waals surface area contributed by atoms with Crippen LogP contribution in [0.5, 0.6) is 5.75 Å². The third kappa shape index (κ3) is 2.13.